The molecule has 2 N–H and O–H groups in total. The van der Waals surface area contributed by atoms with Gasteiger partial charge in [-0.3, -0.25) is 0 Å². The van der Waals surface area contributed by atoms with Crippen molar-refractivity contribution in [2.75, 3.05) is 0 Å². The molecule has 2 fully saturated rings. The van der Waals surface area contributed by atoms with E-state index in [0.29, 0.717) is 28.9 Å². The topological polar surface area (TPSA) is 40.5 Å². The highest BCUT2D eigenvalue weighted by atomic mass is 16.3. The number of aliphatic hydroxyl groups excluding tert-OH is 1. The molecule has 4 rings (SSSR count). The number of phenols is 1. The van der Waals surface area contributed by atoms with Crippen molar-refractivity contribution in [3.63, 3.8) is 0 Å². The number of rotatable bonds is 2. The van der Waals surface area contributed by atoms with E-state index in [1.54, 1.807) is 0 Å². The summed E-state index contributed by atoms with van der Waals surface area (Å²) in [5.41, 5.74) is 3.19. The van der Waals surface area contributed by atoms with E-state index >= 15 is 0 Å². The first kappa shape index (κ1) is 15.5. The summed E-state index contributed by atoms with van der Waals surface area (Å²) in [6, 6.07) is 6.01. The molecule has 3 aliphatic carbocycles. The summed E-state index contributed by atoms with van der Waals surface area (Å²) in [5.74, 6) is 2.94. The van der Waals surface area contributed by atoms with Crippen molar-refractivity contribution in [1.82, 2.24) is 0 Å². The predicted molar refractivity (Wildman–Crippen MR) is 92.5 cm³/mol. The van der Waals surface area contributed by atoms with Crippen LogP contribution in [0.1, 0.15) is 69.4 Å². The maximum atomic E-state index is 10.7. The summed E-state index contributed by atoms with van der Waals surface area (Å²) in [6.45, 7) is 4.70. The molecule has 0 saturated heterocycles. The van der Waals surface area contributed by atoms with Crippen LogP contribution in [0.5, 0.6) is 5.75 Å². The monoisotopic (exact) mass is 314 g/mol. The van der Waals surface area contributed by atoms with E-state index in [2.05, 4.69) is 19.9 Å². The SMILES string of the molecule is CCC[C@H]1[C@H]2[C@@H]3CCc4cc(O)ccc4[C@H]3CC[C@]2(C)C[C@@H]1O. The van der Waals surface area contributed by atoms with Crippen molar-refractivity contribution in [3.05, 3.63) is 29.3 Å². The number of aryl methyl sites for hydroxylation is 1. The second-order valence-corrected chi connectivity index (χ2v) is 8.63. The molecule has 0 aromatic heterocycles. The molecule has 2 heteroatoms. The minimum absolute atomic E-state index is 0.0927. The average molecular weight is 314 g/mol. The first-order valence-corrected chi connectivity index (χ1v) is 9.53. The lowest BCUT2D eigenvalue weighted by molar-refractivity contribution is 0.0261. The van der Waals surface area contributed by atoms with Gasteiger partial charge in [0.25, 0.3) is 0 Å². The number of hydrogen-bond acceptors (Lipinski definition) is 2. The molecule has 23 heavy (non-hydrogen) atoms. The molecule has 0 unspecified atom stereocenters. The number of aliphatic hydroxyl groups is 1. The third-order valence-corrected chi connectivity index (χ3v) is 7.34. The lowest BCUT2D eigenvalue weighted by Crippen LogP contribution is -2.42. The lowest BCUT2D eigenvalue weighted by atomic mass is 9.54. The number of hydrogen-bond donors (Lipinski definition) is 2. The zero-order chi connectivity index (χ0) is 16.2. The molecule has 1 aromatic rings. The van der Waals surface area contributed by atoms with Crippen LogP contribution in [0.25, 0.3) is 0 Å². The van der Waals surface area contributed by atoms with Crippen LogP contribution in [-0.4, -0.2) is 16.3 Å². The van der Waals surface area contributed by atoms with Gasteiger partial charge in [0.05, 0.1) is 6.10 Å². The van der Waals surface area contributed by atoms with E-state index in [-0.39, 0.29) is 6.10 Å². The van der Waals surface area contributed by atoms with Gasteiger partial charge < -0.3 is 10.2 Å². The summed E-state index contributed by atoms with van der Waals surface area (Å²) in [7, 11) is 0. The Morgan fingerprint density at radius 3 is 2.87 bits per heavy atom. The fourth-order valence-electron chi connectivity index (χ4n) is 6.54. The van der Waals surface area contributed by atoms with E-state index in [1.807, 2.05) is 12.1 Å². The van der Waals surface area contributed by atoms with E-state index in [1.165, 1.54) is 43.2 Å². The summed E-state index contributed by atoms with van der Waals surface area (Å²) in [4.78, 5) is 0. The first-order valence-electron chi connectivity index (χ1n) is 9.53. The van der Waals surface area contributed by atoms with Crippen LogP contribution in [0.2, 0.25) is 0 Å². The molecule has 1 aromatic carbocycles. The van der Waals surface area contributed by atoms with Gasteiger partial charge in [-0.15, -0.1) is 0 Å². The Morgan fingerprint density at radius 1 is 1.26 bits per heavy atom. The molecule has 126 valence electrons. The number of fused-ring (bicyclic) bond motifs is 5. The van der Waals surface area contributed by atoms with Gasteiger partial charge in [-0.25, -0.2) is 0 Å². The van der Waals surface area contributed by atoms with Gasteiger partial charge in [0.1, 0.15) is 5.75 Å². The summed E-state index contributed by atoms with van der Waals surface area (Å²) >= 11 is 0. The lowest BCUT2D eigenvalue weighted by Gasteiger charge is -2.50. The third-order valence-electron chi connectivity index (χ3n) is 7.34. The largest absolute Gasteiger partial charge is 0.508 e. The number of aromatic hydroxyl groups is 1. The molecule has 6 atom stereocenters. The van der Waals surface area contributed by atoms with Gasteiger partial charge >= 0.3 is 0 Å². The molecule has 0 radical (unpaired) electrons. The summed E-state index contributed by atoms with van der Waals surface area (Å²) < 4.78 is 0. The Hall–Kier alpha value is -1.02. The second-order valence-electron chi connectivity index (χ2n) is 8.63. The molecule has 2 saturated carbocycles. The highest BCUT2D eigenvalue weighted by Gasteiger charge is 2.57. The Kier molecular flexibility index (Phi) is 3.72. The molecule has 0 heterocycles. The normalized spacial score (nSPS) is 42.0. The maximum absolute atomic E-state index is 10.7. The standard InChI is InChI=1S/C21H30O2/c1-3-4-18-19(23)12-21(2)10-9-16-15-8-6-14(22)11-13(15)5-7-17(16)20(18)21/h6,8,11,16-20,22-23H,3-5,7,9-10,12H2,1-2H3/t16-,17-,18-,19+,20-,21-/m1/s1. The van der Waals surface area contributed by atoms with E-state index in [4.69, 9.17) is 0 Å². The maximum Gasteiger partial charge on any atom is 0.115 e. The van der Waals surface area contributed by atoms with Gasteiger partial charge in [0.15, 0.2) is 0 Å². The fourth-order valence-corrected chi connectivity index (χ4v) is 6.54. The molecule has 0 amide bonds. The van der Waals surface area contributed by atoms with Crippen molar-refractivity contribution in [2.45, 2.75) is 70.8 Å². The van der Waals surface area contributed by atoms with Gasteiger partial charge in [0.2, 0.25) is 0 Å². The van der Waals surface area contributed by atoms with Crippen molar-refractivity contribution < 1.29 is 10.2 Å². The van der Waals surface area contributed by atoms with Crippen molar-refractivity contribution in [3.8, 4) is 5.75 Å². The van der Waals surface area contributed by atoms with E-state index in [9.17, 15) is 10.2 Å². The van der Waals surface area contributed by atoms with Gasteiger partial charge in [0, 0.05) is 0 Å². The van der Waals surface area contributed by atoms with Crippen molar-refractivity contribution in [2.24, 2.45) is 23.2 Å². The van der Waals surface area contributed by atoms with E-state index in [0.717, 1.165) is 18.8 Å². The zero-order valence-corrected chi connectivity index (χ0v) is 14.5. The van der Waals surface area contributed by atoms with E-state index < -0.39 is 0 Å². The van der Waals surface area contributed by atoms with Gasteiger partial charge in [-0.2, -0.15) is 0 Å². The third kappa shape index (κ3) is 2.33. The number of phenolic OH excluding ortho intramolecular Hbond substituents is 1. The van der Waals surface area contributed by atoms with Gasteiger partial charge in [-0.05, 0) is 90.9 Å². The van der Waals surface area contributed by atoms with Crippen LogP contribution in [0, 0.1) is 23.2 Å². The molecular weight excluding hydrogens is 284 g/mol. The predicted octanol–water partition coefficient (Wildman–Crippen LogP) is 4.64. The molecule has 2 nitrogen and oxygen atoms in total. The smallest absolute Gasteiger partial charge is 0.115 e. The molecule has 0 aliphatic heterocycles. The summed E-state index contributed by atoms with van der Waals surface area (Å²) in [6.07, 6.45) is 8.08. The Bertz CT molecular complexity index is 596. The van der Waals surface area contributed by atoms with Crippen molar-refractivity contribution >= 4 is 0 Å². The highest BCUT2D eigenvalue weighted by Crippen LogP contribution is 2.63. The van der Waals surface area contributed by atoms with Gasteiger partial charge in [-0.1, -0.05) is 26.3 Å². The van der Waals surface area contributed by atoms with Crippen LogP contribution in [-0.2, 0) is 6.42 Å². The minimum atomic E-state index is -0.0927. The number of benzene rings is 1. The van der Waals surface area contributed by atoms with Crippen LogP contribution < -0.4 is 0 Å². The van der Waals surface area contributed by atoms with Crippen molar-refractivity contribution in [1.29, 1.82) is 0 Å². The minimum Gasteiger partial charge on any atom is -0.508 e. The Balaban J connectivity index is 1.70. The Labute approximate surface area is 139 Å². The zero-order valence-electron chi connectivity index (χ0n) is 14.5. The first-order chi connectivity index (χ1) is 11.0. The average Bonchev–Trinajstić information content (AvgIpc) is 2.77. The van der Waals surface area contributed by atoms with Crippen LogP contribution in [0.4, 0.5) is 0 Å². The molecular formula is C21H30O2. The molecule has 3 aliphatic rings. The second kappa shape index (κ2) is 5.51. The summed E-state index contributed by atoms with van der Waals surface area (Å²) in [5, 5.41) is 20.5. The highest BCUT2D eigenvalue weighted by molar-refractivity contribution is 5.40. The molecule has 0 bridgehead atoms. The molecule has 0 spiro atoms. The van der Waals surface area contributed by atoms with Crippen LogP contribution >= 0.6 is 0 Å². The quantitative estimate of drug-likeness (QED) is 0.835. The Morgan fingerprint density at radius 2 is 2.09 bits per heavy atom. The van der Waals surface area contributed by atoms with Crippen LogP contribution in [0.15, 0.2) is 18.2 Å². The van der Waals surface area contributed by atoms with Crippen LogP contribution in [0.3, 0.4) is 0 Å². The fraction of sp³-hybridized carbons (Fsp3) is 0.714.